The van der Waals surface area contributed by atoms with Gasteiger partial charge in [0.15, 0.2) is 5.78 Å². The van der Waals surface area contributed by atoms with Crippen molar-refractivity contribution in [1.82, 2.24) is 0 Å². The zero-order valence-electron chi connectivity index (χ0n) is 14.4. The molecule has 3 aromatic carbocycles. The van der Waals surface area contributed by atoms with Crippen LogP contribution in [-0.2, 0) is 10.0 Å². The minimum Gasteiger partial charge on any atom is -0.322 e. The number of amides is 1. The Kier molecular flexibility index (Phi) is 5.73. The molecule has 0 atom stereocenters. The van der Waals surface area contributed by atoms with Gasteiger partial charge in [0.25, 0.3) is 5.91 Å². The summed E-state index contributed by atoms with van der Waals surface area (Å²) in [5.74, 6) is -0.712. The summed E-state index contributed by atoms with van der Waals surface area (Å²) in [5, 5.41) is 7.79. The average Bonchev–Trinajstić information content (AvgIpc) is 2.67. The predicted molar refractivity (Wildman–Crippen MR) is 110 cm³/mol. The molecule has 0 aliphatic rings. The van der Waals surface area contributed by atoms with Crippen LogP contribution in [-0.4, -0.2) is 20.1 Å². The van der Waals surface area contributed by atoms with Crippen molar-refractivity contribution in [3.63, 3.8) is 0 Å². The molecule has 0 saturated heterocycles. The molecule has 0 unspecified atom stereocenters. The van der Waals surface area contributed by atoms with E-state index in [0.29, 0.717) is 21.3 Å². The Balaban J connectivity index is 1.87. The van der Waals surface area contributed by atoms with E-state index in [1.165, 1.54) is 18.2 Å². The summed E-state index contributed by atoms with van der Waals surface area (Å²) in [6, 6.07) is 19.2. The summed E-state index contributed by atoms with van der Waals surface area (Å²) >= 11 is 3.23. The maximum absolute atomic E-state index is 12.6. The van der Waals surface area contributed by atoms with Crippen LogP contribution in [0.15, 0.2) is 82.2 Å². The van der Waals surface area contributed by atoms with Crippen LogP contribution in [0.1, 0.15) is 26.3 Å². The molecule has 1 amide bonds. The number of carbonyl (C=O) groups excluding carboxylic acids is 2. The molecule has 3 N–H and O–H groups in total. The molecule has 0 heterocycles. The van der Waals surface area contributed by atoms with Crippen molar-refractivity contribution in [2.75, 3.05) is 5.32 Å². The van der Waals surface area contributed by atoms with Crippen LogP contribution >= 0.6 is 15.9 Å². The fraction of sp³-hybridized carbons (Fsp3) is 0. The van der Waals surface area contributed by atoms with Crippen molar-refractivity contribution >= 4 is 43.3 Å². The van der Waals surface area contributed by atoms with Crippen LogP contribution < -0.4 is 10.5 Å². The predicted octanol–water partition coefficient (Wildman–Crippen LogP) is 3.58. The Morgan fingerprint density at radius 2 is 1.54 bits per heavy atom. The van der Waals surface area contributed by atoms with Crippen LogP contribution in [0.4, 0.5) is 5.69 Å². The highest BCUT2D eigenvalue weighted by atomic mass is 79.9. The number of sulfonamides is 1. The summed E-state index contributed by atoms with van der Waals surface area (Å²) in [5.41, 5.74) is 1.46. The van der Waals surface area contributed by atoms with Gasteiger partial charge in [0.05, 0.1) is 10.5 Å². The minimum atomic E-state index is -3.94. The Bertz CT molecular complexity index is 1160. The highest BCUT2D eigenvalue weighted by Gasteiger charge is 2.16. The number of ketones is 1. The minimum absolute atomic E-state index is 0.103. The van der Waals surface area contributed by atoms with E-state index in [9.17, 15) is 18.0 Å². The number of rotatable bonds is 5. The third-order valence-electron chi connectivity index (χ3n) is 3.93. The lowest BCUT2D eigenvalue weighted by Gasteiger charge is -2.10. The molecule has 6 nitrogen and oxygen atoms in total. The summed E-state index contributed by atoms with van der Waals surface area (Å²) in [6.45, 7) is 0. The van der Waals surface area contributed by atoms with Crippen molar-refractivity contribution in [2.45, 2.75) is 4.90 Å². The molecule has 8 heteroatoms. The average molecular weight is 459 g/mol. The standard InChI is InChI=1S/C20H15BrN2O4S/c21-18-10-9-16(28(22,26)27)12-17(18)20(25)23-15-8-4-7-14(11-15)19(24)13-5-2-1-3-6-13/h1-12H,(H,23,25)(H2,22,26,27). The number of primary sulfonamides is 1. The number of hydrogen-bond acceptors (Lipinski definition) is 4. The van der Waals surface area contributed by atoms with Crippen LogP contribution in [0.3, 0.4) is 0 Å². The van der Waals surface area contributed by atoms with E-state index >= 15 is 0 Å². The molecule has 3 rings (SSSR count). The van der Waals surface area contributed by atoms with Gasteiger partial charge >= 0.3 is 0 Å². The molecule has 0 radical (unpaired) electrons. The normalized spacial score (nSPS) is 11.1. The van der Waals surface area contributed by atoms with Crippen molar-refractivity contribution in [2.24, 2.45) is 5.14 Å². The number of nitrogens with one attached hydrogen (secondary N) is 1. The second-order valence-electron chi connectivity index (χ2n) is 5.92. The van der Waals surface area contributed by atoms with Gasteiger partial charge in [0.1, 0.15) is 0 Å². The highest BCUT2D eigenvalue weighted by molar-refractivity contribution is 9.10. The summed E-state index contributed by atoms with van der Waals surface area (Å²) < 4.78 is 23.5. The van der Waals surface area contributed by atoms with Gasteiger partial charge in [-0.1, -0.05) is 42.5 Å². The van der Waals surface area contributed by atoms with Crippen LogP contribution in [0.5, 0.6) is 0 Å². The second-order valence-corrected chi connectivity index (χ2v) is 8.33. The van der Waals surface area contributed by atoms with E-state index in [1.54, 1.807) is 48.5 Å². The number of halogens is 1. The van der Waals surface area contributed by atoms with Gasteiger partial charge in [0, 0.05) is 21.3 Å². The number of nitrogens with two attached hydrogens (primary N) is 1. The number of anilines is 1. The Morgan fingerprint density at radius 3 is 2.21 bits per heavy atom. The largest absolute Gasteiger partial charge is 0.322 e. The van der Waals surface area contributed by atoms with E-state index < -0.39 is 15.9 Å². The number of benzene rings is 3. The third-order valence-corrected chi connectivity index (χ3v) is 5.53. The van der Waals surface area contributed by atoms with E-state index in [-0.39, 0.29) is 16.2 Å². The first kappa shape index (κ1) is 19.9. The maximum atomic E-state index is 12.6. The smallest absolute Gasteiger partial charge is 0.256 e. The molecule has 0 aromatic heterocycles. The van der Waals surface area contributed by atoms with Crippen molar-refractivity contribution < 1.29 is 18.0 Å². The second kappa shape index (κ2) is 8.05. The van der Waals surface area contributed by atoms with Gasteiger partial charge in [-0.15, -0.1) is 0 Å². The molecular formula is C20H15BrN2O4S. The van der Waals surface area contributed by atoms with E-state index in [2.05, 4.69) is 21.2 Å². The van der Waals surface area contributed by atoms with Gasteiger partial charge < -0.3 is 5.32 Å². The Labute approximate surface area is 170 Å². The fourth-order valence-corrected chi connectivity index (χ4v) is 3.51. The maximum Gasteiger partial charge on any atom is 0.256 e. The first-order valence-corrected chi connectivity index (χ1v) is 10.4. The van der Waals surface area contributed by atoms with Crippen molar-refractivity contribution in [3.05, 3.63) is 94.0 Å². The molecular weight excluding hydrogens is 444 g/mol. The Hall–Kier alpha value is -2.81. The molecule has 3 aromatic rings. The first-order valence-electron chi connectivity index (χ1n) is 8.09. The highest BCUT2D eigenvalue weighted by Crippen LogP contribution is 2.22. The first-order chi connectivity index (χ1) is 13.3. The lowest BCUT2D eigenvalue weighted by atomic mass is 10.0. The zero-order valence-corrected chi connectivity index (χ0v) is 16.8. The van der Waals surface area contributed by atoms with Gasteiger partial charge in [-0.25, -0.2) is 13.6 Å². The van der Waals surface area contributed by atoms with E-state index in [1.807, 2.05) is 6.07 Å². The van der Waals surface area contributed by atoms with Crippen LogP contribution in [0.25, 0.3) is 0 Å². The fourth-order valence-electron chi connectivity index (χ4n) is 2.55. The van der Waals surface area contributed by atoms with Crippen LogP contribution in [0, 0.1) is 0 Å². The monoisotopic (exact) mass is 458 g/mol. The molecule has 0 saturated carbocycles. The summed E-state index contributed by atoms with van der Waals surface area (Å²) in [7, 11) is -3.94. The molecule has 0 fully saturated rings. The molecule has 28 heavy (non-hydrogen) atoms. The zero-order chi connectivity index (χ0) is 20.3. The number of hydrogen-bond donors (Lipinski definition) is 2. The molecule has 0 bridgehead atoms. The SMILES string of the molecule is NS(=O)(=O)c1ccc(Br)c(C(=O)Nc2cccc(C(=O)c3ccccc3)c2)c1. The van der Waals surface area contributed by atoms with Gasteiger partial charge in [-0.2, -0.15) is 0 Å². The molecule has 142 valence electrons. The topological polar surface area (TPSA) is 106 Å². The molecule has 0 aliphatic carbocycles. The number of carbonyl (C=O) groups is 2. The molecule has 0 aliphatic heterocycles. The van der Waals surface area contributed by atoms with E-state index in [0.717, 1.165) is 0 Å². The molecule has 0 spiro atoms. The Morgan fingerprint density at radius 1 is 0.857 bits per heavy atom. The lowest BCUT2D eigenvalue weighted by Crippen LogP contribution is -2.16. The van der Waals surface area contributed by atoms with Gasteiger partial charge in [-0.3, -0.25) is 9.59 Å². The summed E-state index contributed by atoms with van der Waals surface area (Å²) in [6.07, 6.45) is 0. The third kappa shape index (κ3) is 4.53. The van der Waals surface area contributed by atoms with Crippen molar-refractivity contribution in [1.29, 1.82) is 0 Å². The van der Waals surface area contributed by atoms with E-state index in [4.69, 9.17) is 5.14 Å². The summed E-state index contributed by atoms with van der Waals surface area (Å²) in [4.78, 5) is 25.0. The van der Waals surface area contributed by atoms with Crippen LogP contribution in [0.2, 0.25) is 0 Å². The lowest BCUT2D eigenvalue weighted by molar-refractivity contribution is 0.102. The van der Waals surface area contributed by atoms with Gasteiger partial charge in [0.2, 0.25) is 10.0 Å². The quantitative estimate of drug-likeness (QED) is 0.569. The van der Waals surface area contributed by atoms with Gasteiger partial charge in [-0.05, 0) is 46.3 Å². The van der Waals surface area contributed by atoms with Crippen molar-refractivity contribution in [3.8, 4) is 0 Å².